The van der Waals surface area contributed by atoms with Gasteiger partial charge in [0, 0.05) is 16.1 Å². The predicted octanol–water partition coefficient (Wildman–Crippen LogP) is 4.55. The third kappa shape index (κ3) is 3.03. The number of benzene rings is 2. The van der Waals surface area contributed by atoms with Crippen LogP contribution in [0.5, 0.6) is 0 Å². The van der Waals surface area contributed by atoms with Gasteiger partial charge in [0.1, 0.15) is 5.82 Å². The second kappa shape index (κ2) is 7.13. The molecule has 0 saturated carbocycles. The molecule has 1 unspecified atom stereocenters. The van der Waals surface area contributed by atoms with Crippen molar-refractivity contribution >= 4 is 40.3 Å². The zero-order valence-corrected chi connectivity index (χ0v) is 16.1. The Morgan fingerprint density at radius 1 is 1.14 bits per heavy atom. The van der Waals surface area contributed by atoms with Crippen molar-refractivity contribution < 1.29 is 19.1 Å². The molecule has 3 aromatic rings. The number of para-hydroxylation sites is 1. The van der Waals surface area contributed by atoms with Gasteiger partial charge in [-0.1, -0.05) is 41.9 Å². The number of nitrogens with zero attached hydrogens (tertiary/aromatic N) is 1. The van der Waals surface area contributed by atoms with E-state index < -0.39 is 17.3 Å². The van der Waals surface area contributed by atoms with Crippen LogP contribution < -0.4 is 4.90 Å². The van der Waals surface area contributed by atoms with Crippen LogP contribution in [0.3, 0.4) is 0 Å². The van der Waals surface area contributed by atoms with E-state index in [4.69, 9.17) is 11.6 Å². The van der Waals surface area contributed by atoms with Crippen molar-refractivity contribution in [3.05, 3.63) is 86.8 Å². The molecule has 1 aliphatic rings. The second-order valence-corrected chi connectivity index (χ2v) is 7.90. The Bertz CT molecular complexity index is 1050. The minimum absolute atomic E-state index is 0.142. The third-order valence-corrected chi connectivity index (χ3v) is 6.09. The highest BCUT2D eigenvalue weighted by Crippen LogP contribution is 2.44. The standard InChI is InChI=1S/C21H15ClFNO3S/c22-15-6-3-7-16(23)13(15)12-24-17-8-2-1-5-14(17)21(27,20(24)26)11-18(25)19-9-4-10-28-19/h1-10,27H,11-12H2. The summed E-state index contributed by atoms with van der Waals surface area (Å²) in [6, 6.07) is 14.3. The molecule has 2 aromatic carbocycles. The van der Waals surface area contributed by atoms with Crippen LogP contribution in [-0.2, 0) is 16.9 Å². The fraction of sp³-hybridized carbons (Fsp3) is 0.143. The molecule has 4 rings (SSSR count). The first-order chi connectivity index (χ1) is 13.4. The first kappa shape index (κ1) is 18.8. The normalized spacial score (nSPS) is 18.4. The van der Waals surface area contributed by atoms with Crippen molar-refractivity contribution in [2.45, 2.75) is 18.6 Å². The monoisotopic (exact) mass is 415 g/mol. The molecule has 1 atom stereocenters. The van der Waals surface area contributed by atoms with Crippen LogP contribution in [0.4, 0.5) is 10.1 Å². The summed E-state index contributed by atoms with van der Waals surface area (Å²) in [7, 11) is 0. The minimum atomic E-state index is -2.00. The summed E-state index contributed by atoms with van der Waals surface area (Å²) in [6.07, 6.45) is -0.384. The van der Waals surface area contributed by atoms with Crippen LogP contribution >= 0.6 is 22.9 Å². The molecule has 142 valence electrons. The van der Waals surface area contributed by atoms with Gasteiger partial charge >= 0.3 is 0 Å². The van der Waals surface area contributed by atoms with Gasteiger partial charge in [-0.3, -0.25) is 9.59 Å². The summed E-state index contributed by atoms with van der Waals surface area (Å²) >= 11 is 7.36. The Balaban J connectivity index is 1.73. The number of carbonyl (C=O) groups is 2. The van der Waals surface area contributed by atoms with E-state index in [1.54, 1.807) is 47.8 Å². The lowest BCUT2D eigenvalue weighted by atomic mass is 9.89. The highest BCUT2D eigenvalue weighted by Gasteiger charge is 2.51. The number of carbonyl (C=O) groups excluding carboxylic acids is 2. The van der Waals surface area contributed by atoms with E-state index in [0.717, 1.165) is 0 Å². The molecule has 0 fully saturated rings. The van der Waals surface area contributed by atoms with Crippen LogP contribution in [0.25, 0.3) is 0 Å². The molecule has 7 heteroatoms. The Morgan fingerprint density at radius 3 is 2.64 bits per heavy atom. The quantitative estimate of drug-likeness (QED) is 0.622. The molecule has 0 spiro atoms. The lowest BCUT2D eigenvalue weighted by molar-refractivity contribution is -0.136. The van der Waals surface area contributed by atoms with Crippen molar-refractivity contribution in [3.8, 4) is 0 Å². The summed E-state index contributed by atoms with van der Waals surface area (Å²) in [5, 5.41) is 13.2. The van der Waals surface area contributed by atoms with Crippen LogP contribution in [0.15, 0.2) is 60.0 Å². The van der Waals surface area contributed by atoms with Crippen molar-refractivity contribution in [3.63, 3.8) is 0 Å². The summed E-state index contributed by atoms with van der Waals surface area (Å²) < 4.78 is 14.3. The van der Waals surface area contributed by atoms with Crippen molar-refractivity contribution in [2.75, 3.05) is 4.90 Å². The maximum atomic E-state index is 14.3. The molecule has 4 nitrogen and oxygen atoms in total. The van der Waals surface area contributed by atoms with E-state index >= 15 is 0 Å². The number of anilines is 1. The van der Waals surface area contributed by atoms with Gasteiger partial charge in [-0.25, -0.2) is 4.39 Å². The molecule has 0 aliphatic carbocycles. The molecular formula is C21H15ClFNO3S. The van der Waals surface area contributed by atoms with E-state index in [9.17, 15) is 19.1 Å². The van der Waals surface area contributed by atoms with Crippen molar-refractivity contribution in [2.24, 2.45) is 0 Å². The summed E-state index contributed by atoms with van der Waals surface area (Å²) in [5.41, 5.74) is -1.08. The highest BCUT2D eigenvalue weighted by molar-refractivity contribution is 7.12. The first-order valence-corrected chi connectivity index (χ1v) is 9.81. The van der Waals surface area contributed by atoms with E-state index in [2.05, 4.69) is 0 Å². The Labute approximate surface area is 169 Å². The molecule has 2 heterocycles. The number of halogens is 2. The minimum Gasteiger partial charge on any atom is -0.375 e. The third-order valence-electron chi connectivity index (χ3n) is 4.83. The summed E-state index contributed by atoms with van der Waals surface area (Å²) in [4.78, 5) is 27.5. The Hall–Kier alpha value is -2.54. The zero-order valence-electron chi connectivity index (χ0n) is 14.6. The summed E-state index contributed by atoms with van der Waals surface area (Å²) in [5.74, 6) is -1.53. The second-order valence-electron chi connectivity index (χ2n) is 6.55. The molecule has 1 N–H and O–H groups in total. The fourth-order valence-corrected chi connectivity index (χ4v) is 4.32. The number of amides is 1. The average Bonchev–Trinajstić information content (AvgIpc) is 3.28. The molecule has 0 bridgehead atoms. The van der Waals surface area contributed by atoms with Crippen LogP contribution in [0, 0.1) is 5.82 Å². The van der Waals surface area contributed by atoms with E-state index in [-0.39, 0.29) is 29.3 Å². The van der Waals surface area contributed by atoms with E-state index in [0.29, 0.717) is 16.1 Å². The van der Waals surface area contributed by atoms with Crippen molar-refractivity contribution in [1.29, 1.82) is 0 Å². The average molecular weight is 416 g/mol. The van der Waals surface area contributed by atoms with Gasteiger partial charge < -0.3 is 10.0 Å². The zero-order chi connectivity index (χ0) is 19.9. The predicted molar refractivity (Wildman–Crippen MR) is 106 cm³/mol. The molecule has 0 radical (unpaired) electrons. The Kier molecular flexibility index (Phi) is 4.79. The van der Waals surface area contributed by atoms with Gasteiger partial charge in [-0.2, -0.15) is 0 Å². The molecular weight excluding hydrogens is 401 g/mol. The van der Waals surface area contributed by atoms with Crippen molar-refractivity contribution in [1.82, 2.24) is 0 Å². The first-order valence-electron chi connectivity index (χ1n) is 8.55. The number of thiophene rings is 1. The lowest BCUT2D eigenvalue weighted by Crippen LogP contribution is -2.41. The van der Waals surface area contributed by atoms with Crippen LogP contribution in [0.2, 0.25) is 5.02 Å². The van der Waals surface area contributed by atoms with E-state index in [1.165, 1.54) is 28.4 Å². The highest BCUT2D eigenvalue weighted by atomic mass is 35.5. The number of ketones is 1. The molecule has 28 heavy (non-hydrogen) atoms. The number of hydrogen-bond acceptors (Lipinski definition) is 4. The smallest absolute Gasteiger partial charge is 0.264 e. The molecule has 1 amide bonds. The number of hydrogen-bond donors (Lipinski definition) is 1. The fourth-order valence-electron chi connectivity index (χ4n) is 3.43. The number of aliphatic hydroxyl groups is 1. The van der Waals surface area contributed by atoms with Gasteiger partial charge in [-0.05, 0) is 29.6 Å². The van der Waals surface area contributed by atoms with Gasteiger partial charge in [-0.15, -0.1) is 11.3 Å². The van der Waals surface area contributed by atoms with Gasteiger partial charge in [0.2, 0.25) is 0 Å². The van der Waals surface area contributed by atoms with E-state index in [1.807, 2.05) is 0 Å². The lowest BCUT2D eigenvalue weighted by Gasteiger charge is -2.23. The number of rotatable bonds is 5. The number of Topliss-reactive ketones (excluding diaryl/α,β-unsaturated/α-hetero) is 1. The van der Waals surface area contributed by atoms with Gasteiger partial charge in [0.05, 0.1) is 23.5 Å². The van der Waals surface area contributed by atoms with Crippen LogP contribution in [-0.4, -0.2) is 16.8 Å². The molecule has 1 aromatic heterocycles. The van der Waals surface area contributed by atoms with Gasteiger partial charge in [0.15, 0.2) is 11.4 Å². The maximum absolute atomic E-state index is 14.3. The molecule has 0 saturated heterocycles. The Morgan fingerprint density at radius 2 is 1.93 bits per heavy atom. The maximum Gasteiger partial charge on any atom is 0.264 e. The van der Waals surface area contributed by atoms with Crippen LogP contribution in [0.1, 0.15) is 27.2 Å². The molecule has 1 aliphatic heterocycles. The SMILES string of the molecule is O=C(CC1(O)C(=O)N(Cc2c(F)cccc2Cl)c2ccccc21)c1cccs1. The number of fused-ring (bicyclic) bond motifs is 1. The summed E-state index contributed by atoms with van der Waals surface area (Å²) in [6.45, 7) is -0.142. The topological polar surface area (TPSA) is 57.6 Å². The largest absolute Gasteiger partial charge is 0.375 e. The van der Waals surface area contributed by atoms with Gasteiger partial charge in [0.25, 0.3) is 5.91 Å².